The number of amides is 1. The summed E-state index contributed by atoms with van der Waals surface area (Å²) in [5, 5.41) is 4.54. The van der Waals surface area contributed by atoms with Gasteiger partial charge in [-0.05, 0) is 56.1 Å². The number of morpholine rings is 1. The fraction of sp³-hybridized carbons (Fsp3) is 0.407. The van der Waals surface area contributed by atoms with Gasteiger partial charge in [0.15, 0.2) is 22.4 Å². The minimum Gasteiger partial charge on any atom is -0.490 e. The summed E-state index contributed by atoms with van der Waals surface area (Å²) in [7, 11) is 0. The molecular formula is C27H31ClN4O4S. The molecule has 2 aliphatic heterocycles. The SMILES string of the molecule is O=C1CN(Cc2cnc(N3CCOCC3)s2)CCCCCOc2ccccc2Oc2ccc(Cl)cc2N1. The molecule has 1 amide bonds. The number of hydrogen-bond acceptors (Lipinski definition) is 8. The van der Waals surface area contributed by atoms with Crippen molar-refractivity contribution in [2.45, 2.75) is 25.8 Å². The number of halogens is 1. The number of nitrogens with one attached hydrogen (secondary N) is 1. The van der Waals surface area contributed by atoms with E-state index in [4.69, 9.17) is 25.8 Å². The number of benzene rings is 2. The molecule has 0 atom stereocenters. The van der Waals surface area contributed by atoms with E-state index < -0.39 is 0 Å². The molecule has 8 nitrogen and oxygen atoms in total. The van der Waals surface area contributed by atoms with Gasteiger partial charge >= 0.3 is 0 Å². The maximum absolute atomic E-state index is 13.2. The first-order chi connectivity index (χ1) is 18.1. The number of para-hydroxylation sites is 2. The van der Waals surface area contributed by atoms with Crippen LogP contribution in [0.5, 0.6) is 17.2 Å². The number of hydrogen-bond donors (Lipinski definition) is 1. The minimum atomic E-state index is -0.121. The van der Waals surface area contributed by atoms with Crippen molar-refractivity contribution in [1.29, 1.82) is 0 Å². The van der Waals surface area contributed by atoms with Gasteiger partial charge in [-0.15, -0.1) is 11.3 Å². The van der Waals surface area contributed by atoms with Gasteiger partial charge < -0.3 is 24.4 Å². The highest BCUT2D eigenvalue weighted by Crippen LogP contribution is 2.36. The summed E-state index contributed by atoms with van der Waals surface area (Å²) in [6.45, 7) is 5.48. The Bertz CT molecular complexity index is 1200. The molecule has 0 radical (unpaired) electrons. The number of carbonyl (C=O) groups is 1. The van der Waals surface area contributed by atoms with Crippen LogP contribution in [0.3, 0.4) is 0 Å². The van der Waals surface area contributed by atoms with Gasteiger partial charge in [-0.25, -0.2) is 4.98 Å². The maximum atomic E-state index is 13.2. The van der Waals surface area contributed by atoms with Gasteiger partial charge in [0.25, 0.3) is 0 Å². The highest BCUT2D eigenvalue weighted by atomic mass is 35.5. The van der Waals surface area contributed by atoms with Crippen LogP contribution < -0.4 is 19.7 Å². The van der Waals surface area contributed by atoms with Crippen LogP contribution in [-0.4, -0.2) is 61.8 Å². The Balaban J connectivity index is 1.32. The predicted octanol–water partition coefficient (Wildman–Crippen LogP) is 5.43. The molecule has 0 spiro atoms. The number of carbonyl (C=O) groups excluding carboxylic acids is 1. The molecule has 1 N–H and O–H groups in total. The van der Waals surface area contributed by atoms with E-state index >= 15 is 0 Å². The van der Waals surface area contributed by atoms with E-state index in [1.165, 1.54) is 0 Å². The molecule has 1 saturated heterocycles. The summed E-state index contributed by atoms with van der Waals surface area (Å²) in [5.74, 6) is 1.66. The summed E-state index contributed by atoms with van der Waals surface area (Å²) in [4.78, 5) is 23.4. The normalized spacial score (nSPS) is 17.9. The molecule has 3 heterocycles. The molecule has 1 fully saturated rings. The van der Waals surface area contributed by atoms with Crippen molar-refractivity contribution in [2.24, 2.45) is 0 Å². The highest BCUT2D eigenvalue weighted by molar-refractivity contribution is 7.15. The molecule has 0 bridgehead atoms. The molecule has 3 aromatic rings. The average Bonchev–Trinajstić information content (AvgIpc) is 3.37. The quantitative estimate of drug-likeness (QED) is 0.473. The van der Waals surface area contributed by atoms with Gasteiger partial charge in [0.05, 0.1) is 32.1 Å². The lowest BCUT2D eigenvalue weighted by Crippen LogP contribution is -2.36. The molecule has 1 aromatic heterocycles. The van der Waals surface area contributed by atoms with Gasteiger partial charge in [0.1, 0.15) is 0 Å². The lowest BCUT2D eigenvalue weighted by atomic mass is 10.2. The van der Waals surface area contributed by atoms with Crippen LogP contribution in [0.1, 0.15) is 24.1 Å². The van der Waals surface area contributed by atoms with Crippen LogP contribution in [0.4, 0.5) is 10.8 Å². The number of rotatable bonds is 3. The molecule has 0 saturated carbocycles. The minimum absolute atomic E-state index is 0.121. The zero-order chi connectivity index (χ0) is 25.5. The van der Waals surface area contributed by atoms with Crippen molar-refractivity contribution in [3.05, 3.63) is 58.6 Å². The van der Waals surface area contributed by atoms with Crippen molar-refractivity contribution in [3.63, 3.8) is 0 Å². The molecule has 196 valence electrons. The fourth-order valence-electron chi connectivity index (χ4n) is 4.36. The number of nitrogens with zero attached hydrogens (tertiary/aromatic N) is 3. The zero-order valence-corrected chi connectivity index (χ0v) is 22.2. The molecule has 37 heavy (non-hydrogen) atoms. The van der Waals surface area contributed by atoms with Crippen LogP contribution in [0, 0.1) is 0 Å². The second-order valence-electron chi connectivity index (χ2n) is 9.07. The number of fused-ring (bicyclic) bond motifs is 2. The molecule has 2 aromatic carbocycles. The van der Waals surface area contributed by atoms with Crippen LogP contribution in [0.25, 0.3) is 0 Å². The first-order valence-electron chi connectivity index (χ1n) is 12.6. The molecule has 0 aliphatic carbocycles. The number of aromatic nitrogens is 1. The second kappa shape index (κ2) is 12.6. The lowest BCUT2D eigenvalue weighted by molar-refractivity contribution is -0.117. The molecule has 0 unspecified atom stereocenters. The fourth-order valence-corrected chi connectivity index (χ4v) is 5.53. The summed E-state index contributed by atoms with van der Waals surface area (Å²) in [5.41, 5.74) is 0.523. The van der Waals surface area contributed by atoms with E-state index in [0.717, 1.165) is 62.1 Å². The van der Waals surface area contributed by atoms with Gasteiger partial charge in [0.2, 0.25) is 5.91 Å². The molecule has 10 heteroatoms. The van der Waals surface area contributed by atoms with Gasteiger partial charge in [-0.1, -0.05) is 23.7 Å². The van der Waals surface area contributed by atoms with E-state index in [1.54, 1.807) is 29.5 Å². The van der Waals surface area contributed by atoms with Crippen molar-refractivity contribution < 1.29 is 19.0 Å². The zero-order valence-electron chi connectivity index (χ0n) is 20.7. The highest BCUT2D eigenvalue weighted by Gasteiger charge is 2.19. The van der Waals surface area contributed by atoms with Crippen LogP contribution in [-0.2, 0) is 16.1 Å². The van der Waals surface area contributed by atoms with Gasteiger partial charge in [-0.3, -0.25) is 9.69 Å². The molecule has 5 rings (SSSR count). The lowest BCUT2D eigenvalue weighted by Gasteiger charge is -2.26. The Kier molecular flexibility index (Phi) is 8.78. The van der Waals surface area contributed by atoms with E-state index in [2.05, 4.69) is 20.1 Å². The average molecular weight is 543 g/mol. The van der Waals surface area contributed by atoms with Crippen LogP contribution in [0.2, 0.25) is 5.02 Å². The molecular weight excluding hydrogens is 512 g/mol. The van der Waals surface area contributed by atoms with E-state index in [1.807, 2.05) is 30.5 Å². The van der Waals surface area contributed by atoms with Crippen LogP contribution >= 0.6 is 22.9 Å². The third kappa shape index (κ3) is 7.13. The van der Waals surface area contributed by atoms with Crippen molar-refractivity contribution in [3.8, 4) is 17.2 Å². The van der Waals surface area contributed by atoms with E-state index in [-0.39, 0.29) is 12.5 Å². The Morgan fingerprint density at radius 1 is 0.973 bits per heavy atom. The van der Waals surface area contributed by atoms with Crippen molar-refractivity contribution in [1.82, 2.24) is 9.88 Å². The summed E-state index contributed by atoms with van der Waals surface area (Å²) in [6, 6.07) is 12.8. The number of thiazole rings is 1. The Labute approximate surface area is 226 Å². The monoisotopic (exact) mass is 542 g/mol. The third-order valence-corrected chi connectivity index (χ3v) is 7.51. The topological polar surface area (TPSA) is 76.2 Å². The van der Waals surface area contributed by atoms with Gasteiger partial charge in [-0.2, -0.15) is 0 Å². The second-order valence-corrected chi connectivity index (χ2v) is 10.6. The summed E-state index contributed by atoms with van der Waals surface area (Å²) in [6.07, 6.45) is 4.81. The smallest absolute Gasteiger partial charge is 0.238 e. The number of anilines is 2. The van der Waals surface area contributed by atoms with Crippen molar-refractivity contribution in [2.75, 3.05) is 56.2 Å². The predicted molar refractivity (Wildman–Crippen MR) is 146 cm³/mol. The summed E-state index contributed by atoms with van der Waals surface area (Å²) < 4.78 is 17.7. The number of ether oxygens (including phenoxy) is 3. The first-order valence-corrected chi connectivity index (χ1v) is 13.8. The first kappa shape index (κ1) is 25.8. The summed E-state index contributed by atoms with van der Waals surface area (Å²) >= 11 is 7.95. The van der Waals surface area contributed by atoms with Gasteiger partial charge in [0, 0.05) is 35.7 Å². The van der Waals surface area contributed by atoms with E-state index in [9.17, 15) is 4.79 Å². The Morgan fingerprint density at radius 2 is 1.81 bits per heavy atom. The largest absolute Gasteiger partial charge is 0.490 e. The Morgan fingerprint density at radius 3 is 2.68 bits per heavy atom. The molecule has 2 aliphatic rings. The standard InChI is InChI=1S/C27H31ClN4O4S/c28-20-8-9-23-22(16-20)30-26(33)19-31(18-21-17-29-27(37-21)32-11-14-34-15-12-32)10-4-1-5-13-35-24-6-2-3-7-25(24)36-23/h2-3,6-9,16-17H,1,4-5,10-15,18-19H2,(H,30,33). The Hall–Kier alpha value is -2.85. The van der Waals surface area contributed by atoms with Crippen LogP contribution in [0.15, 0.2) is 48.7 Å². The van der Waals surface area contributed by atoms with Crippen molar-refractivity contribution >= 4 is 39.7 Å². The maximum Gasteiger partial charge on any atom is 0.238 e. The van der Waals surface area contributed by atoms with E-state index in [0.29, 0.717) is 41.1 Å². The third-order valence-electron chi connectivity index (χ3n) is 6.23.